The van der Waals surface area contributed by atoms with E-state index < -0.39 is 0 Å². The van der Waals surface area contributed by atoms with E-state index in [0.29, 0.717) is 11.7 Å². The molecule has 1 atom stereocenters. The van der Waals surface area contributed by atoms with Gasteiger partial charge in [-0.05, 0) is 12.1 Å². The quantitative estimate of drug-likeness (QED) is 0.915. The van der Waals surface area contributed by atoms with Gasteiger partial charge >= 0.3 is 0 Å². The molecule has 2 aromatic rings. The third-order valence-corrected chi connectivity index (χ3v) is 4.16. The van der Waals surface area contributed by atoms with Crippen LogP contribution in [0.2, 0.25) is 0 Å². The molecule has 1 aliphatic rings. The van der Waals surface area contributed by atoms with Crippen LogP contribution < -0.4 is 10.5 Å². The Bertz CT molecular complexity index is 561. The van der Waals surface area contributed by atoms with Gasteiger partial charge in [-0.3, -0.25) is 4.90 Å². The monoisotopic (exact) mass is 305 g/mol. The fourth-order valence-corrected chi connectivity index (χ4v) is 3.07. The minimum Gasteiger partial charge on any atom is -0.491 e. The van der Waals surface area contributed by atoms with Crippen LogP contribution in [0, 0.1) is 0 Å². The molecule has 1 unspecified atom stereocenters. The highest BCUT2D eigenvalue weighted by Crippen LogP contribution is 2.18. The van der Waals surface area contributed by atoms with Gasteiger partial charge in [-0.15, -0.1) is 11.3 Å². The van der Waals surface area contributed by atoms with E-state index in [2.05, 4.69) is 9.88 Å². The lowest BCUT2D eigenvalue weighted by Crippen LogP contribution is -2.44. The van der Waals surface area contributed by atoms with Crippen molar-refractivity contribution in [3.05, 3.63) is 41.4 Å². The van der Waals surface area contributed by atoms with E-state index in [1.165, 1.54) is 4.88 Å². The average Bonchev–Trinajstić information content (AvgIpc) is 2.92. The number of thiazole rings is 1. The molecule has 0 saturated carbocycles. The Labute approximate surface area is 128 Å². The van der Waals surface area contributed by atoms with Crippen LogP contribution in [0.3, 0.4) is 0 Å². The number of nitrogens with zero attached hydrogens (tertiary/aromatic N) is 2. The number of nitrogen functional groups attached to an aromatic ring is 1. The molecule has 21 heavy (non-hydrogen) atoms. The number of morpholine rings is 1. The third-order valence-electron chi connectivity index (χ3n) is 3.35. The van der Waals surface area contributed by atoms with Crippen LogP contribution in [0.15, 0.2) is 36.5 Å². The second kappa shape index (κ2) is 6.89. The topological polar surface area (TPSA) is 60.6 Å². The molecule has 2 heterocycles. The second-order valence-electron chi connectivity index (χ2n) is 5.02. The maximum atomic E-state index is 5.77. The number of nitrogens with two attached hydrogens (primary N) is 1. The van der Waals surface area contributed by atoms with Crippen LogP contribution in [-0.2, 0) is 11.3 Å². The van der Waals surface area contributed by atoms with E-state index >= 15 is 0 Å². The summed E-state index contributed by atoms with van der Waals surface area (Å²) in [5, 5.41) is 0.627. The molecule has 1 aromatic carbocycles. The maximum absolute atomic E-state index is 5.77. The molecule has 0 amide bonds. The lowest BCUT2D eigenvalue weighted by atomic mass is 10.2. The number of aromatic nitrogens is 1. The molecule has 112 valence electrons. The Hall–Kier alpha value is -1.63. The Morgan fingerprint density at radius 1 is 1.38 bits per heavy atom. The summed E-state index contributed by atoms with van der Waals surface area (Å²) in [6, 6.07) is 9.84. The standard InChI is InChI=1S/C15H19N3O2S/c16-15-17-8-14(21-15)10-18-6-7-19-13(9-18)11-20-12-4-2-1-3-5-12/h1-5,8,13H,6-7,9-11H2,(H2,16,17). The maximum Gasteiger partial charge on any atom is 0.180 e. The van der Waals surface area contributed by atoms with Crippen molar-refractivity contribution in [3.8, 4) is 5.75 Å². The summed E-state index contributed by atoms with van der Waals surface area (Å²) in [4.78, 5) is 7.64. The van der Waals surface area contributed by atoms with Gasteiger partial charge in [0.05, 0.1) is 6.61 Å². The lowest BCUT2D eigenvalue weighted by molar-refractivity contribution is -0.0501. The van der Waals surface area contributed by atoms with Crippen molar-refractivity contribution in [3.63, 3.8) is 0 Å². The summed E-state index contributed by atoms with van der Waals surface area (Å²) in [6.45, 7) is 3.98. The van der Waals surface area contributed by atoms with Crippen molar-refractivity contribution in [2.75, 3.05) is 32.0 Å². The number of benzene rings is 1. The number of rotatable bonds is 5. The van der Waals surface area contributed by atoms with Gasteiger partial charge in [0.1, 0.15) is 18.5 Å². The predicted octanol–water partition coefficient (Wildman–Crippen LogP) is 2.01. The highest BCUT2D eigenvalue weighted by Gasteiger charge is 2.21. The SMILES string of the molecule is Nc1ncc(CN2CCOC(COc3ccccc3)C2)s1. The van der Waals surface area contributed by atoms with Crippen molar-refractivity contribution in [1.82, 2.24) is 9.88 Å². The van der Waals surface area contributed by atoms with Gasteiger partial charge in [0, 0.05) is 30.7 Å². The zero-order chi connectivity index (χ0) is 14.5. The molecule has 6 heteroatoms. The van der Waals surface area contributed by atoms with Crippen LogP contribution in [0.25, 0.3) is 0 Å². The molecule has 0 bridgehead atoms. The van der Waals surface area contributed by atoms with Gasteiger partial charge in [-0.25, -0.2) is 4.98 Å². The van der Waals surface area contributed by atoms with Gasteiger partial charge in [-0.2, -0.15) is 0 Å². The Morgan fingerprint density at radius 2 is 2.24 bits per heavy atom. The fraction of sp³-hybridized carbons (Fsp3) is 0.400. The molecule has 1 fully saturated rings. The van der Waals surface area contributed by atoms with Crippen LogP contribution in [0.5, 0.6) is 5.75 Å². The third kappa shape index (κ3) is 4.17. The molecular weight excluding hydrogens is 286 g/mol. The van der Waals surface area contributed by atoms with E-state index in [1.807, 2.05) is 36.5 Å². The zero-order valence-electron chi connectivity index (χ0n) is 11.8. The molecule has 0 spiro atoms. The first-order chi connectivity index (χ1) is 10.3. The molecule has 5 nitrogen and oxygen atoms in total. The van der Waals surface area contributed by atoms with E-state index in [9.17, 15) is 0 Å². The van der Waals surface area contributed by atoms with Crippen LogP contribution in [0.4, 0.5) is 5.13 Å². The smallest absolute Gasteiger partial charge is 0.180 e. The Morgan fingerprint density at radius 3 is 3.00 bits per heavy atom. The molecule has 0 radical (unpaired) electrons. The number of hydrogen-bond acceptors (Lipinski definition) is 6. The van der Waals surface area contributed by atoms with E-state index in [1.54, 1.807) is 11.3 Å². The summed E-state index contributed by atoms with van der Waals surface area (Å²) in [7, 11) is 0. The fourth-order valence-electron chi connectivity index (χ4n) is 2.35. The summed E-state index contributed by atoms with van der Waals surface area (Å²) in [5.41, 5.74) is 5.67. The van der Waals surface area contributed by atoms with Gasteiger partial charge < -0.3 is 15.2 Å². The normalized spacial score (nSPS) is 19.5. The lowest BCUT2D eigenvalue weighted by Gasteiger charge is -2.32. The van der Waals surface area contributed by atoms with Gasteiger partial charge in [0.2, 0.25) is 0 Å². The summed E-state index contributed by atoms with van der Waals surface area (Å²) >= 11 is 1.55. The zero-order valence-corrected chi connectivity index (χ0v) is 12.6. The average molecular weight is 305 g/mol. The van der Waals surface area contributed by atoms with Gasteiger partial charge in [-0.1, -0.05) is 18.2 Å². The second-order valence-corrected chi connectivity index (χ2v) is 6.16. The largest absolute Gasteiger partial charge is 0.491 e. The molecule has 1 saturated heterocycles. The minimum absolute atomic E-state index is 0.101. The van der Waals surface area contributed by atoms with Gasteiger partial charge in [0.15, 0.2) is 5.13 Å². The van der Waals surface area contributed by atoms with E-state index in [4.69, 9.17) is 15.2 Å². The molecule has 3 rings (SSSR count). The van der Waals surface area contributed by atoms with Crippen molar-refractivity contribution in [2.24, 2.45) is 0 Å². The van der Waals surface area contributed by atoms with Crippen molar-refractivity contribution >= 4 is 16.5 Å². The predicted molar refractivity (Wildman–Crippen MR) is 83.5 cm³/mol. The first-order valence-electron chi connectivity index (χ1n) is 7.01. The minimum atomic E-state index is 0.101. The number of ether oxygens (including phenoxy) is 2. The summed E-state index contributed by atoms with van der Waals surface area (Å²) < 4.78 is 11.5. The van der Waals surface area contributed by atoms with Crippen LogP contribution >= 0.6 is 11.3 Å². The summed E-state index contributed by atoms with van der Waals surface area (Å²) in [5.74, 6) is 0.883. The van der Waals surface area contributed by atoms with Crippen molar-refractivity contribution in [1.29, 1.82) is 0 Å². The highest BCUT2D eigenvalue weighted by molar-refractivity contribution is 7.15. The molecule has 1 aliphatic heterocycles. The number of anilines is 1. The number of hydrogen-bond donors (Lipinski definition) is 1. The van der Waals surface area contributed by atoms with Crippen molar-refractivity contribution in [2.45, 2.75) is 12.6 Å². The summed E-state index contributed by atoms with van der Waals surface area (Å²) in [6.07, 6.45) is 1.95. The molecular formula is C15H19N3O2S. The molecule has 2 N–H and O–H groups in total. The van der Waals surface area contributed by atoms with E-state index in [-0.39, 0.29) is 6.10 Å². The highest BCUT2D eigenvalue weighted by atomic mass is 32.1. The van der Waals surface area contributed by atoms with Crippen LogP contribution in [-0.4, -0.2) is 42.3 Å². The number of para-hydroxylation sites is 1. The first-order valence-corrected chi connectivity index (χ1v) is 7.83. The molecule has 0 aliphatic carbocycles. The van der Waals surface area contributed by atoms with E-state index in [0.717, 1.165) is 32.0 Å². The van der Waals surface area contributed by atoms with Crippen LogP contribution in [0.1, 0.15) is 4.88 Å². The first kappa shape index (κ1) is 14.3. The Kier molecular flexibility index (Phi) is 4.69. The van der Waals surface area contributed by atoms with Crippen molar-refractivity contribution < 1.29 is 9.47 Å². The molecule has 1 aromatic heterocycles. The Balaban J connectivity index is 1.49. The van der Waals surface area contributed by atoms with Gasteiger partial charge in [0.25, 0.3) is 0 Å².